The molecule has 1 aromatic rings. The Morgan fingerprint density at radius 3 is 2.69 bits per heavy atom. The molecule has 0 amide bonds. The molecule has 0 heterocycles. The lowest BCUT2D eigenvalue weighted by Crippen LogP contribution is -1.83. The minimum atomic E-state index is 0.589. The average molecular weight is 176 g/mol. The Kier molecular flexibility index (Phi) is 3.56. The molecule has 0 radical (unpaired) electrons. The van der Waals surface area contributed by atoms with Gasteiger partial charge in [0.2, 0.25) is 0 Å². The van der Waals surface area contributed by atoms with Crippen LogP contribution in [0.15, 0.2) is 30.3 Å². The molecule has 13 heavy (non-hydrogen) atoms. The van der Waals surface area contributed by atoms with Crippen molar-refractivity contribution >= 4 is 6.08 Å². The topological polar surface area (TPSA) is 9.23 Å². The van der Waals surface area contributed by atoms with E-state index in [0.29, 0.717) is 5.92 Å². The predicted molar refractivity (Wildman–Crippen MR) is 56.9 cm³/mol. The lowest BCUT2D eigenvalue weighted by atomic mass is 10.1. The van der Waals surface area contributed by atoms with Gasteiger partial charge in [0.05, 0.1) is 7.11 Å². The van der Waals surface area contributed by atoms with Crippen molar-refractivity contribution in [2.45, 2.75) is 13.8 Å². The van der Waals surface area contributed by atoms with Crippen LogP contribution in [0.3, 0.4) is 0 Å². The monoisotopic (exact) mass is 176 g/mol. The molecule has 1 rings (SSSR count). The molecule has 1 aromatic carbocycles. The summed E-state index contributed by atoms with van der Waals surface area (Å²) in [5, 5.41) is 0. The molecule has 0 N–H and O–H groups in total. The first-order chi connectivity index (χ1) is 6.22. The van der Waals surface area contributed by atoms with E-state index in [2.05, 4.69) is 32.1 Å². The van der Waals surface area contributed by atoms with Gasteiger partial charge < -0.3 is 4.74 Å². The van der Waals surface area contributed by atoms with E-state index in [-0.39, 0.29) is 0 Å². The largest absolute Gasteiger partial charge is 0.497 e. The van der Waals surface area contributed by atoms with Crippen LogP contribution in [-0.2, 0) is 0 Å². The van der Waals surface area contributed by atoms with Crippen LogP contribution in [0, 0.1) is 5.92 Å². The summed E-state index contributed by atoms with van der Waals surface area (Å²) < 4.78 is 5.13. The molecule has 0 atom stereocenters. The molecule has 0 bridgehead atoms. The zero-order valence-corrected chi connectivity index (χ0v) is 8.45. The number of hydrogen-bond acceptors (Lipinski definition) is 1. The molecule has 0 unspecified atom stereocenters. The third-order valence-corrected chi connectivity index (χ3v) is 1.77. The highest BCUT2D eigenvalue weighted by molar-refractivity contribution is 5.51. The van der Waals surface area contributed by atoms with E-state index in [1.165, 1.54) is 5.56 Å². The zero-order chi connectivity index (χ0) is 9.68. The van der Waals surface area contributed by atoms with Crippen LogP contribution in [0.2, 0.25) is 0 Å². The van der Waals surface area contributed by atoms with E-state index in [4.69, 9.17) is 4.74 Å². The number of allylic oxidation sites excluding steroid dienone is 1. The van der Waals surface area contributed by atoms with Gasteiger partial charge in [-0.3, -0.25) is 0 Å². The molecule has 70 valence electrons. The van der Waals surface area contributed by atoms with Crippen LogP contribution in [0.1, 0.15) is 19.4 Å². The van der Waals surface area contributed by atoms with Crippen LogP contribution in [0.4, 0.5) is 0 Å². The lowest BCUT2D eigenvalue weighted by Gasteiger charge is -2.00. The van der Waals surface area contributed by atoms with Crippen molar-refractivity contribution in [3.63, 3.8) is 0 Å². The van der Waals surface area contributed by atoms with Gasteiger partial charge in [-0.15, -0.1) is 0 Å². The first kappa shape index (κ1) is 9.85. The normalized spacial score (nSPS) is 11.1. The second-order valence-corrected chi connectivity index (χ2v) is 3.38. The summed E-state index contributed by atoms with van der Waals surface area (Å²) in [6, 6.07) is 8.05. The van der Waals surface area contributed by atoms with E-state index in [0.717, 1.165) is 5.75 Å². The van der Waals surface area contributed by atoms with Crippen molar-refractivity contribution in [3.8, 4) is 5.75 Å². The van der Waals surface area contributed by atoms with Gasteiger partial charge in [-0.05, 0) is 23.6 Å². The van der Waals surface area contributed by atoms with Gasteiger partial charge in [-0.2, -0.15) is 0 Å². The van der Waals surface area contributed by atoms with Crippen LogP contribution in [0.5, 0.6) is 5.75 Å². The maximum Gasteiger partial charge on any atom is 0.119 e. The second kappa shape index (κ2) is 4.70. The SMILES string of the molecule is COc1cccc(/C=C\C(C)C)c1. The van der Waals surface area contributed by atoms with Gasteiger partial charge >= 0.3 is 0 Å². The maximum atomic E-state index is 5.13. The highest BCUT2D eigenvalue weighted by Gasteiger charge is 1.91. The van der Waals surface area contributed by atoms with Crippen LogP contribution < -0.4 is 4.74 Å². The Balaban J connectivity index is 2.77. The number of hydrogen-bond donors (Lipinski definition) is 0. The van der Waals surface area contributed by atoms with Gasteiger partial charge in [0.1, 0.15) is 5.75 Å². The summed E-state index contributed by atoms with van der Waals surface area (Å²) in [7, 11) is 1.69. The van der Waals surface area contributed by atoms with Crippen LogP contribution in [0.25, 0.3) is 6.08 Å². The van der Waals surface area contributed by atoms with E-state index < -0.39 is 0 Å². The van der Waals surface area contributed by atoms with Crippen molar-refractivity contribution in [3.05, 3.63) is 35.9 Å². The third-order valence-electron chi connectivity index (χ3n) is 1.77. The fourth-order valence-corrected chi connectivity index (χ4v) is 1.05. The highest BCUT2D eigenvalue weighted by atomic mass is 16.5. The molecular formula is C12H16O. The number of ether oxygens (including phenoxy) is 1. The molecule has 0 aliphatic carbocycles. The minimum absolute atomic E-state index is 0.589. The Morgan fingerprint density at radius 1 is 1.31 bits per heavy atom. The van der Waals surface area contributed by atoms with Gasteiger partial charge in [-0.25, -0.2) is 0 Å². The summed E-state index contributed by atoms with van der Waals surface area (Å²) in [6.45, 7) is 4.33. The van der Waals surface area contributed by atoms with E-state index in [1.807, 2.05) is 18.2 Å². The molecule has 1 heteroatoms. The molecule has 0 spiro atoms. The molecule has 1 nitrogen and oxygen atoms in total. The molecular weight excluding hydrogens is 160 g/mol. The highest BCUT2D eigenvalue weighted by Crippen LogP contribution is 2.14. The fraction of sp³-hybridized carbons (Fsp3) is 0.333. The van der Waals surface area contributed by atoms with Gasteiger partial charge in [0.15, 0.2) is 0 Å². The summed E-state index contributed by atoms with van der Waals surface area (Å²) in [5.41, 5.74) is 1.19. The molecule has 0 saturated heterocycles. The van der Waals surface area contributed by atoms with Crippen molar-refractivity contribution in [1.29, 1.82) is 0 Å². The Bertz CT molecular complexity index is 287. The van der Waals surface area contributed by atoms with Gasteiger partial charge in [-0.1, -0.05) is 38.1 Å². The standard InChI is InChI=1S/C12H16O/c1-10(2)7-8-11-5-4-6-12(9-11)13-3/h4-10H,1-3H3/b8-7-. The zero-order valence-electron chi connectivity index (χ0n) is 8.45. The number of benzene rings is 1. The molecule has 0 fully saturated rings. The van der Waals surface area contributed by atoms with Crippen molar-refractivity contribution in [1.82, 2.24) is 0 Å². The Morgan fingerprint density at radius 2 is 2.08 bits per heavy atom. The van der Waals surface area contributed by atoms with Crippen LogP contribution >= 0.6 is 0 Å². The lowest BCUT2D eigenvalue weighted by molar-refractivity contribution is 0.414. The van der Waals surface area contributed by atoms with Gasteiger partial charge in [0, 0.05) is 0 Å². The van der Waals surface area contributed by atoms with Gasteiger partial charge in [0.25, 0.3) is 0 Å². The Hall–Kier alpha value is -1.24. The van der Waals surface area contributed by atoms with E-state index in [9.17, 15) is 0 Å². The van der Waals surface area contributed by atoms with E-state index >= 15 is 0 Å². The number of rotatable bonds is 3. The summed E-state index contributed by atoms with van der Waals surface area (Å²) in [6.07, 6.45) is 4.29. The number of methoxy groups -OCH3 is 1. The molecule has 0 aliphatic rings. The molecule has 0 saturated carbocycles. The van der Waals surface area contributed by atoms with Crippen molar-refractivity contribution in [2.75, 3.05) is 7.11 Å². The van der Waals surface area contributed by atoms with E-state index in [1.54, 1.807) is 7.11 Å². The quantitative estimate of drug-likeness (QED) is 0.686. The minimum Gasteiger partial charge on any atom is -0.497 e. The first-order valence-electron chi connectivity index (χ1n) is 4.54. The first-order valence-corrected chi connectivity index (χ1v) is 4.54. The maximum absolute atomic E-state index is 5.13. The molecule has 0 aromatic heterocycles. The predicted octanol–water partition coefficient (Wildman–Crippen LogP) is 3.36. The summed E-state index contributed by atoms with van der Waals surface area (Å²) >= 11 is 0. The Labute approximate surface area is 80.0 Å². The fourth-order valence-electron chi connectivity index (χ4n) is 1.05. The average Bonchev–Trinajstić information content (AvgIpc) is 2.15. The van der Waals surface area contributed by atoms with Crippen molar-refractivity contribution in [2.24, 2.45) is 5.92 Å². The summed E-state index contributed by atoms with van der Waals surface area (Å²) in [4.78, 5) is 0. The second-order valence-electron chi connectivity index (χ2n) is 3.38. The van der Waals surface area contributed by atoms with Crippen molar-refractivity contribution < 1.29 is 4.74 Å². The van der Waals surface area contributed by atoms with Crippen LogP contribution in [-0.4, -0.2) is 7.11 Å². The summed E-state index contributed by atoms with van der Waals surface area (Å²) in [5.74, 6) is 1.50. The third kappa shape index (κ3) is 3.32. The molecule has 0 aliphatic heterocycles. The smallest absolute Gasteiger partial charge is 0.119 e.